The van der Waals surface area contributed by atoms with Crippen molar-refractivity contribution in [1.29, 1.82) is 0 Å². The highest BCUT2D eigenvalue weighted by atomic mass is 19.4. The first-order valence-electron chi connectivity index (χ1n) is 13.1. The summed E-state index contributed by atoms with van der Waals surface area (Å²) in [6, 6.07) is 0.450. The molecular weight excluding hydrogens is 538 g/mol. The lowest BCUT2D eigenvalue weighted by atomic mass is 9.95. The van der Waals surface area contributed by atoms with Crippen LogP contribution in [0.2, 0.25) is 0 Å². The van der Waals surface area contributed by atoms with Crippen LogP contribution in [0, 0.1) is 18.6 Å². The molecule has 3 aliphatic rings. The smallest absolute Gasteiger partial charge is 0.421 e. The fourth-order valence-electron chi connectivity index (χ4n) is 6.11. The van der Waals surface area contributed by atoms with Crippen molar-refractivity contribution in [2.45, 2.75) is 50.7 Å². The number of fused-ring (bicyclic) bond motifs is 2. The molecule has 6 rings (SSSR count). The van der Waals surface area contributed by atoms with Crippen molar-refractivity contribution in [2.24, 2.45) is 0 Å². The van der Waals surface area contributed by atoms with Crippen LogP contribution in [0.1, 0.15) is 43.4 Å². The van der Waals surface area contributed by atoms with E-state index in [1.807, 2.05) is 0 Å². The topological polar surface area (TPSA) is 67.3 Å². The van der Waals surface area contributed by atoms with Crippen molar-refractivity contribution >= 4 is 16.7 Å². The van der Waals surface area contributed by atoms with Crippen molar-refractivity contribution < 1.29 is 31.1 Å². The lowest BCUT2D eigenvalue weighted by Gasteiger charge is -2.31. The van der Waals surface area contributed by atoms with Crippen LogP contribution < -0.4 is 9.64 Å². The zero-order chi connectivity index (χ0) is 28.2. The lowest BCUT2D eigenvalue weighted by Crippen LogP contribution is -2.43. The normalized spacial score (nSPS) is 19.3. The van der Waals surface area contributed by atoms with E-state index < -0.39 is 40.6 Å². The third-order valence-corrected chi connectivity index (χ3v) is 7.94. The van der Waals surface area contributed by atoms with Crippen LogP contribution in [0.15, 0.2) is 24.2 Å². The zero-order valence-corrected chi connectivity index (χ0v) is 21.7. The number of alkyl halides is 3. The van der Waals surface area contributed by atoms with E-state index in [-0.39, 0.29) is 47.1 Å². The Morgan fingerprint density at radius 3 is 2.45 bits per heavy atom. The van der Waals surface area contributed by atoms with E-state index in [2.05, 4.69) is 24.8 Å². The molecule has 0 aromatic carbocycles. The summed E-state index contributed by atoms with van der Waals surface area (Å²) in [5.41, 5.74) is -4.14. The van der Waals surface area contributed by atoms with Gasteiger partial charge in [0.25, 0.3) is 0 Å². The number of hydrogen-bond acceptors (Lipinski definition) is 7. The Morgan fingerprint density at radius 2 is 1.75 bits per heavy atom. The lowest BCUT2D eigenvalue weighted by molar-refractivity contribution is -0.139. The minimum Gasteiger partial charge on any atom is -0.461 e. The SMILES string of the molecule is Cc1cc(F)c(C(F)(F)F)c(-c2ncc3c(N4CCC=C(F)C4)nc(OCC45CCCN4CCC5)nc3c2F)n1. The van der Waals surface area contributed by atoms with Crippen LogP contribution in [0.4, 0.5) is 32.2 Å². The highest BCUT2D eigenvalue weighted by Gasteiger charge is 2.45. The van der Waals surface area contributed by atoms with Crippen molar-refractivity contribution in [3.05, 3.63) is 47.1 Å². The molecule has 0 unspecified atom stereocenters. The minimum absolute atomic E-state index is 0.0616. The Morgan fingerprint density at radius 1 is 1.00 bits per heavy atom. The fraction of sp³-hybridized carbons (Fsp3) is 0.481. The molecule has 2 saturated heterocycles. The number of nitrogens with zero attached hydrogens (tertiary/aromatic N) is 6. The summed E-state index contributed by atoms with van der Waals surface area (Å²) in [5.74, 6) is -3.07. The van der Waals surface area contributed by atoms with Gasteiger partial charge in [0.05, 0.1) is 17.5 Å². The number of hydrogen-bond donors (Lipinski definition) is 0. The van der Waals surface area contributed by atoms with Crippen molar-refractivity contribution in [2.75, 3.05) is 37.7 Å². The minimum atomic E-state index is -5.15. The summed E-state index contributed by atoms with van der Waals surface area (Å²) in [4.78, 5) is 20.4. The Kier molecular flexibility index (Phi) is 6.59. The summed E-state index contributed by atoms with van der Waals surface area (Å²) in [6.45, 7) is 3.70. The second-order valence-electron chi connectivity index (χ2n) is 10.5. The maximum atomic E-state index is 16.1. The molecular formula is C27H26F6N6O. The van der Waals surface area contributed by atoms with Gasteiger partial charge in [0.1, 0.15) is 46.5 Å². The summed E-state index contributed by atoms with van der Waals surface area (Å²) in [7, 11) is 0. The van der Waals surface area contributed by atoms with Crippen LogP contribution >= 0.6 is 0 Å². The summed E-state index contributed by atoms with van der Waals surface area (Å²) in [5, 5.41) is 0.0616. The van der Waals surface area contributed by atoms with Crippen LogP contribution in [-0.4, -0.2) is 63.2 Å². The van der Waals surface area contributed by atoms with Crippen molar-refractivity contribution in [3.63, 3.8) is 0 Å². The molecule has 0 aliphatic carbocycles. The number of ether oxygens (including phenoxy) is 1. The number of pyridine rings is 2. The van der Waals surface area contributed by atoms with Gasteiger partial charge in [-0.1, -0.05) is 0 Å². The molecule has 40 heavy (non-hydrogen) atoms. The molecule has 212 valence electrons. The van der Waals surface area contributed by atoms with E-state index in [0.29, 0.717) is 19.0 Å². The van der Waals surface area contributed by atoms with E-state index in [1.54, 1.807) is 4.90 Å². The molecule has 3 aliphatic heterocycles. The molecule has 7 nitrogen and oxygen atoms in total. The fourth-order valence-corrected chi connectivity index (χ4v) is 6.11. The molecule has 2 fully saturated rings. The van der Waals surface area contributed by atoms with E-state index in [4.69, 9.17) is 4.74 Å². The van der Waals surface area contributed by atoms with Gasteiger partial charge in [0.2, 0.25) is 0 Å². The molecule has 0 spiro atoms. The van der Waals surface area contributed by atoms with E-state index in [1.165, 1.54) is 13.0 Å². The molecule has 0 atom stereocenters. The summed E-state index contributed by atoms with van der Waals surface area (Å²) >= 11 is 0. The molecule has 0 amide bonds. The first-order valence-corrected chi connectivity index (χ1v) is 13.1. The Bertz CT molecular complexity index is 1500. The zero-order valence-electron chi connectivity index (χ0n) is 21.7. The average Bonchev–Trinajstić information content (AvgIpc) is 3.47. The Hall–Kier alpha value is -3.48. The predicted molar refractivity (Wildman–Crippen MR) is 135 cm³/mol. The van der Waals surface area contributed by atoms with Gasteiger partial charge in [-0.25, -0.2) is 13.2 Å². The highest BCUT2D eigenvalue weighted by molar-refractivity contribution is 5.92. The first-order chi connectivity index (χ1) is 19.1. The molecule has 0 saturated carbocycles. The first kappa shape index (κ1) is 26.7. The van der Waals surface area contributed by atoms with E-state index >= 15 is 4.39 Å². The largest absolute Gasteiger partial charge is 0.461 e. The van der Waals surface area contributed by atoms with Gasteiger partial charge in [-0.15, -0.1) is 0 Å². The second kappa shape index (κ2) is 9.86. The number of anilines is 1. The Balaban J connectivity index is 1.49. The molecule has 0 N–H and O–H groups in total. The van der Waals surface area contributed by atoms with Gasteiger partial charge in [-0.3, -0.25) is 14.9 Å². The molecule has 0 radical (unpaired) electrons. The maximum Gasteiger partial charge on any atom is 0.421 e. The van der Waals surface area contributed by atoms with Crippen LogP contribution in [0.3, 0.4) is 0 Å². The number of aromatic nitrogens is 4. The standard InChI is InChI=1S/C27H26F6N6O/c1-15-11-18(29)19(27(31,32)33)22(35-15)23-20(30)21-17(12-34-23)24(38-8-2-5-16(28)13-38)37-25(36-21)40-14-26-6-3-9-39(26)10-4-7-26/h5,11-12H,2-4,6-10,13-14H2,1H3. The van der Waals surface area contributed by atoms with Crippen molar-refractivity contribution in [1.82, 2.24) is 24.8 Å². The predicted octanol–water partition coefficient (Wildman–Crippen LogP) is 5.76. The van der Waals surface area contributed by atoms with Gasteiger partial charge < -0.3 is 9.64 Å². The summed E-state index contributed by atoms with van der Waals surface area (Å²) < 4.78 is 92.3. The third-order valence-electron chi connectivity index (χ3n) is 7.94. The van der Waals surface area contributed by atoms with Gasteiger partial charge in [0, 0.05) is 18.4 Å². The average molecular weight is 565 g/mol. The number of halogens is 6. The van der Waals surface area contributed by atoms with Crippen LogP contribution in [-0.2, 0) is 6.18 Å². The Labute approximate surface area is 225 Å². The number of aryl methyl sites for hydroxylation is 1. The number of rotatable bonds is 5. The molecule has 3 aromatic rings. The van der Waals surface area contributed by atoms with Gasteiger partial charge in [0.15, 0.2) is 5.82 Å². The van der Waals surface area contributed by atoms with Crippen LogP contribution in [0.5, 0.6) is 6.01 Å². The monoisotopic (exact) mass is 564 g/mol. The highest BCUT2D eigenvalue weighted by Crippen LogP contribution is 2.41. The third kappa shape index (κ3) is 4.63. The quantitative estimate of drug-likeness (QED) is 0.365. The molecule has 0 bridgehead atoms. The van der Waals surface area contributed by atoms with Gasteiger partial charge in [-0.2, -0.15) is 23.1 Å². The van der Waals surface area contributed by atoms with Gasteiger partial charge in [-0.05, 0) is 64.3 Å². The van der Waals surface area contributed by atoms with Crippen LogP contribution in [0.25, 0.3) is 22.3 Å². The second-order valence-corrected chi connectivity index (χ2v) is 10.5. The van der Waals surface area contributed by atoms with Gasteiger partial charge >= 0.3 is 12.2 Å². The molecule has 6 heterocycles. The van der Waals surface area contributed by atoms with E-state index in [9.17, 15) is 22.0 Å². The maximum absolute atomic E-state index is 16.1. The summed E-state index contributed by atoms with van der Waals surface area (Å²) in [6.07, 6.45) is 1.69. The molecule has 3 aromatic heterocycles. The molecule has 13 heteroatoms. The van der Waals surface area contributed by atoms with Crippen molar-refractivity contribution in [3.8, 4) is 17.4 Å². The van der Waals surface area contributed by atoms with E-state index in [0.717, 1.165) is 45.0 Å².